The number of likely N-dealkylation sites (tertiary alicyclic amines) is 1. The number of rotatable bonds is 3. The largest absolute Gasteiger partial charge is 0.396 e. The quantitative estimate of drug-likeness (QED) is 0.932. The fraction of sp³-hybridized carbons (Fsp3) is 0.588. The molecule has 3 rings (SSSR count). The summed E-state index contributed by atoms with van der Waals surface area (Å²) in [5.41, 5.74) is 1.10. The van der Waals surface area contributed by atoms with E-state index in [0.717, 1.165) is 29.8 Å². The number of halogens is 1. The number of hydrogen-bond donors (Lipinski definition) is 1. The van der Waals surface area contributed by atoms with Gasteiger partial charge in [-0.2, -0.15) is 0 Å². The maximum absolute atomic E-state index is 12.7. The minimum Gasteiger partial charge on any atom is -0.396 e. The van der Waals surface area contributed by atoms with Crippen molar-refractivity contribution in [2.45, 2.75) is 38.1 Å². The first-order valence-electron chi connectivity index (χ1n) is 7.77. The molecule has 1 aromatic rings. The zero-order chi connectivity index (χ0) is 15.0. The van der Waals surface area contributed by atoms with E-state index in [2.05, 4.69) is 6.92 Å². The molecular weight excluding hydrogens is 286 g/mol. The highest BCUT2D eigenvalue weighted by Crippen LogP contribution is 2.50. The molecule has 0 bridgehead atoms. The Morgan fingerprint density at radius 3 is 2.86 bits per heavy atom. The number of benzene rings is 1. The second-order valence-corrected chi connectivity index (χ2v) is 6.84. The summed E-state index contributed by atoms with van der Waals surface area (Å²) in [4.78, 5) is 14.7. The van der Waals surface area contributed by atoms with Crippen LogP contribution >= 0.6 is 11.6 Å². The molecule has 1 N–H and O–H groups in total. The van der Waals surface area contributed by atoms with Gasteiger partial charge in [-0.05, 0) is 49.7 Å². The molecule has 2 aliphatic rings. The van der Waals surface area contributed by atoms with Crippen LogP contribution in [0.3, 0.4) is 0 Å². The molecule has 1 saturated heterocycles. The number of amides is 1. The van der Waals surface area contributed by atoms with Gasteiger partial charge in [-0.25, -0.2) is 0 Å². The van der Waals surface area contributed by atoms with Crippen molar-refractivity contribution >= 4 is 17.5 Å². The van der Waals surface area contributed by atoms with E-state index in [0.29, 0.717) is 6.54 Å². The van der Waals surface area contributed by atoms with Crippen LogP contribution in [0.1, 0.15) is 37.7 Å². The molecule has 1 amide bonds. The monoisotopic (exact) mass is 307 g/mol. The lowest BCUT2D eigenvalue weighted by Crippen LogP contribution is -2.47. The number of nitrogens with zero attached hydrogens (tertiary/aromatic N) is 1. The Hall–Kier alpha value is -1.06. The summed E-state index contributed by atoms with van der Waals surface area (Å²) in [5.74, 6) is 0.825. The molecule has 1 heterocycles. The van der Waals surface area contributed by atoms with Gasteiger partial charge in [0.25, 0.3) is 0 Å². The lowest BCUT2D eigenvalue weighted by atomic mass is 9.93. The Morgan fingerprint density at radius 1 is 1.38 bits per heavy atom. The molecule has 4 heteroatoms. The average Bonchev–Trinajstić information content (AvgIpc) is 3.28. The Labute approximate surface area is 130 Å². The number of piperidine rings is 1. The topological polar surface area (TPSA) is 40.5 Å². The molecule has 21 heavy (non-hydrogen) atoms. The molecule has 4 unspecified atom stereocenters. The van der Waals surface area contributed by atoms with Crippen LogP contribution in [0.2, 0.25) is 5.02 Å². The number of aliphatic hydroxyl groups is 1. The van der Waals surface area contributed by atoms with Gasteiger partial charge in [0.2, 0.25) is 5.91 Å². The van der Waals surface area contributed by atoms with Crippen LogP contribution in [0.5, 0.6) is 0 Å². The van der Waals surface area contributed by atoms with Crippen LogP contribution in [-0.2, 0) is 4.79 Å². The van der Waals surface area contributed by atoms with Crippen LogP contribution in [0, 0.1) is 11.8 Å². The number of hydrogen-bond acceptors (Lipinski definition) is 2. The third-order valence-corrected chi connectivity index (χ3v) is 5.28. The highest BCUT2D eigenvalue weighted by atomic mass is 35.5. The lowest BCUT2D eigenvalue weighted by molar-refractivity contribution is -0.137. The molecule has 1 aromatic carbocycles. The molecule has 1 aliphatic heterocycles. The molecule has 0 spiro atoms. The molecular formula is C17H22ClNO2. The third kappa shape index (κ3) is 2.95. The smallest absolute Gasteiger partial charge is 0.226 e. The standard InChI is InChI=1S/C17H22ClNO2/c1-11-6-7-12(10-20)9-19(11)17(21)15-8-14(15)13-4-2-3-5-16(13)18/h2-5,11-12,14-15,20H,6-10H2,1H3. The van der Waals surface area contributed by atoms with Gasteiger partial charge in [-0.15, -0.1) is 0 Å². The van der Waals surface area contributed by atoms with Gasteiger partial charge >= 0.3 is 0 Å². The summed E-state index contributed by atoms with van der Waals surface area (Å²) in [5, 5.41) is 10.1. The van der Waals surface area contributed by atoms with E-state index in [1.54, 1.807) is 0 Å². The second kappa shape index (κ2) is 5.98. The zero-order valence-corrected chi connectivity index (χ0v) is 13.1. The summed E-state index contributed by atoms with van der Waals surface area (Å²) >= 11 is 6.23. The summed E-state index contributed by atoms with van der Waals surface area (Å²) < 4.78 is 0. The molecule has 1 saturated carbocycles. The van der Waals surface area contributed by atoms with Gasteiger partial charge in [-0.3, -0.25) is 4.79 Å². The van der Waals surface area contributed by atoms with E-state index in [9.17, 15) is 9.90 Å². The fourth-order valence-corrected chi connectivity index (χ4v) is 3.71. The highest BCUT2D eigenvalue weighted by molar-refractivity contribution is 6.31. The summed E-state index contributed by atoms with van der Waals surface area (Å²) in [6.45, 7) is 2.98. The molecule has 0 aromatic heterocycles. The average molecular weight is 308 g/mol. The molecule has 3 nitrogen and oxygen atoms in total. The van der Waals surface area contributed by atoms with Crippen molar-refractivity contribution in [3.05, 3.63) is 34.9 Å². The van der Waals surface area contributed by atoms with Crippen molar-refractivity contribution in [1.82, 2.24) is 4.90 Å². The van der Waals surface area contributed by atoms with Crippen LogP contribution in [0.25, 0.3) is 0 Å². The number of carbonyl (C=O) groups is 1. The first-order valence-corrected chi connectivity index (χ1v) is 8.15. The van der Waals surface area contributed by atoms with Crippen LogP contribution in [-0.4, -0.2) is 35.1 Å². The summed E-state index contributed by atoms with van der Waals surface area (Å²) in [7, 11) is 0. The second-order valence-electron chi connectivity index (χ2n) is 6.44. The molecule has 0 radical (unpaired) electrons. The van der Waals surface area contributed by atoms with Gasteiger partial charge in [0.15, 0.2) is 0 Å². The zero-order valence-electron chi connectivity index (χ0n) is 12.3. The summed E-state index contributed by atoms with van der Waals surface area (Å²) in [6.07, 6.45) is 2.90. The first kappa shape index (κ1) is 14.9. The van der Waals surface area contributed by atoms with E-state index in [1.165, 1.54) is 0 Å². The molecule has 2 fully saturated rings. The molecule has 1 aliphatic carbocycles. The van der Waals surface area contributed by atoms with E-state index < -0.39 is 0 Å². The van der Waals surface area contributed by atoms with Gasteiger partial charge in [-0.1, -0.05) is 29.8 Å². The number of aliphatic hydroxyl groups excluding tert-OH is 1. The van der Waals surface area contributed by atoms with Crippen molar-refractivity contribution in [1.29, 1.82) is 0 Å². The minimum atomic E-state index is 0.0739. The number of carbonyl (C=O) groups excluding carboxylic acids is 1. The van der Waals surface area contributed by atoms with Crippen molar-refractivity contribution in [2.24, 2.45) is 11.8 Å². The highest BCUT2D eigenvalue weighted by Gasteiger charge is 2.47. The van der Waals surface area contributed by atoms with Crippen molar-refractivity contribution in [3.63, 3.8) is 0 Å². The Kier molecular flexibility index (Phi) is 4.23. The van der Waals surface area contributed by atoms with Crippen molar-refractivity contribution in [2.75, 3.05) is 13.2 Å². The van der Waals surface area contributed by atoms with Crippen LogP contribution < -0.4 is 0 Å². The van der Waals surface area contributed by atoms with Crippen LogP contribution in [0.15, 0.2) is 24.3 Å². The first-order chi connectivity index (χ1) is 10.1. The van der Waals surface area contributed by atoms with E-state index >= 15 is 0 Å². The maximum Gasteiger partial charge on any atom is 0.226 e. The lowest BCUT2D eigenvalue weighted by Gasteiger charge is -2.37. The van der Waals surface area contributed by atoms with Crippen molar-refractivity contribution in [3.8, 4) is 0 Å². The van der Waals surface area contributed by atoms with Crippen molar-refractivity contribution < 1.29 is 9.90 Å². The summed E-state index contributed by atoms with van der Waals surface area (Å²) in [6, 6.07) is 8.10. The predicted molar refractivity (Wildman–Crippen MR) is 83.3 cm³/mol. The Bertz CT molecular complexity index is 533. The van der Waals surface area contributed by atoms with Gasteiger partial charge < -0.3 is 10.0 Å². The van der Waals surface area contributed by atoms with E-state index in [1.807, 2.05) is 29.2 Å². The normalized spacial score (nSPS) is 32.0. The molecule has 114 valence electrons. The molecule has 4 atom stereocenters. The third-order valence-electron chi connectivity index (χ3n) is 4.93. The Morgan fingerprint density at radius 2 is 2.14 bits per heavy atom. The Balaban J connectivity index is 1.68. The predicted octanol–water partition coefficient (Wildman–Crippen LogP) is 3.06. The van der Waals surface area contributed by atoms with E-state index in [4.69, 9.17) is 11.6 Å². The maximum atomic E-state index is 12.7. The fourth-order valence-electron chi connectivity index (χ4n) is 3.44. The van der Waals surface area contributed by atoms with Crippen LogP contribution in [0.4, 0.5) is 0 Å². The van der Waals surface area contributed by atoms with E-state index in [-0.39, 0.29) is 36.3 Å². The van der Waals surface area contributed by atoms with Gasteiger partial charge in [0.05, 0.1) is 0 Å². The van der Waals surface area contributed by atoms with Gasteiger partial charge in [0.1, 0.15) is 0 Å². The van der Waals surface area contributed by atoms with Gasteiger partial charge in [0, 0.05) is 30.1 Å². The minimum absolute atomic E-state index is 0.0739. The SMILES string of the molecule is CC1CCC(CO)CN1C(=O)C1CC1c1ccccc1Cl.